The monoisotopic (exact) mass is 258 g/mol. The van der Waals surface area contributed by atoms with Crippen LogP contribution in [-0.2, 0) is 4.74 Å². The molecule has 0 radical (unpaired) electrons. The Balaban J connectivity index is 2.16. The van der Waals surface area contributed by atoms with Crippen molar-refractivity contribution in [2.45, 2.75) is 39.7 Å². The third kappa shape index (κ3) is 5.65. The molecular formula is C14H30N2O2. The fourth-order valence-corrected chi connectivity index (χ4v) is 2.43. The second kappa shape index (κ2) is 8.10. The van der Waals surface area contributed by atoms with Crippen LogP contribution in [0.25, 0.3) is 0 Å². The first-order valence-corrected chi connectivity index (χ1v) is 7.28. The largest absolute Gasteiger partial charge is 0.390 e. The zero-order valence-corrected chi connectivity index (χ0v) is 12.2. The van der Waals surface area contributed by atoms with E-state index in [1.54, 1.807) is 0 Å². The van der Waals surface area contributed by atoms with Gasteiger partial charge in [0.1, 0.15) is 0 Å². The van der Waals surface area contributed by atoms with Crippen molar-refractivity contribution < 1.29 is 9.84 Å². The molecule has 1 fully saturated rings. The van der Waals surface area contributed by atoms with Crippen molar-refractivity contribution in [1.82, 2.24) is 10.2 Å². The Hall–Kier alpha value is -0.160. The van der Waals surface area contributed by atoms with Crippen molar-refractivity contribution in [3.05, 3.63) is 0 Å². The van der Waals surface area contributed by atoms with Crippen LogP contribution in [0.5, 0.6) is 0 Å². The number of aliphatic hydroxyl groups excluding tert-OH is 1. The summed E-state index contributed by atoms with van der Waals surface area (Å²) in [6.07, 6.45) is 1.96. The van der Waals surface area contributed by atoms with Crippen LogP contribution < -0.4 is 5.32 Å². The van der Waals surface area contributed by atoms with Gasteiger partial charge in [0.05, 0.1) is 6.10 Å². The Bertz CT molecular complexity index is 214. The molecule has 4 nitrogen and oxygen atoms in total. The maximum Gasteiger partial charge on any atom is 0.0791 e. The zero-order chi connectivity index (χ0) is 13.4. The van der Waals surface area contributed by atoms with Crippen molar-refractivity contribution >= 4 is 0 Å². The predicted octanol–water partition coefficient (Wildman–Crippen LogP) is 1.10. The lowest BCUT2D eigenvalue weighted by Crippen LogP contribution is -2.42. The minimum absolute atomic E-state index is 0.270. The zero-order valence-electron chi connectivity index (χ0n) is 12.2. The highest BCUT2D eigenvalue weighted by atomic mass is 16.5. The van der Waals surface area contributed by atoms with E-state index >= 15 is 0 Å². The van der Waals surface area contributed by atoms with Gasteiger partial charge in [0.25, 0.3) is 0 Å². The number of hydrogen-bond donors (Lipinski definition) is 2. The SMILES string of the molecule is CCN(CC)CC(O)CNCC1(C)CCOCC1. The van der Waals surface area contributed by atoms with Crippen LogP contribution in [0.15, 0.2) is 0 Å². The Morgan fingerprint density at radius 3 is 2.44 bits per heavy atom. The minimum atomic E-state index is -0.270. The second-order valence-electron chi connectivity index (χ2n) is 5.69. The molecule has 1 unspecified atom stereocenters. The number of rotatable bonds is 8. The van der Waals surface area contributed by atoms with Crippen molar-refractivity contribution in [2.75, 3.05) is 45.9 Å². The van der Waals surface area contributed by atoms with E-state index in [9.17, 15) is 5.11 Å². The van der Waals surface area contributed by atoms with Crippen molar-refractivity contribution in [3.63, 3.8) is 0 Å². The summed E-state index contributed by atoms with van der Waals surface area (Å²) in [6, 6.07) is 0. The van der Waals surface area contributed by atoms with Gasteiger partial charge >= 0.3 is 0 Å². The van der Waals surface area contributed by atoms with Crippen LogP contribution in [0.4, 0.5) is 0 Å². The van der Waals surface area contributed by atoms with Gasteiger partial charge in [-0.3, -0.25) is 0 Å². The third-order valence-electron chi connectivity index (χ3n) is 4.00. The van der Waals surface area contributed by atoms with Crippen molar-refractivity contribution in [2.24, 2.45) is 5.41 Å². The smallest absolute Gasteiger partial charge is 0.0791 e. The van der Waals surface area contributed by atoms with Gasteiger partial charge in [0.2, 0.25) is 0 Å². The van der Waals surface area contributed by atoms with E-state index in [4.69, 9.17) is 4.74 Å². The van der Waals surface area contributed by atoms with E-state index in [1.807, 2.05) is 0 Å². The fraction of sp³-hybridized carbons (Fsp3) is 1.00. The highest BCUT2D eigenvalue weighted by Crippen LogP contribution is 2.28. The van der Waals surface area contributed by atoms with Crippen LogP contribution in [0.1, 0.15) is 33.6 Å². The minimum Gasteiger partial charge on any atom is -0.390 e. The number of aliphatic hydroxyl groups is 1. The molecule has 0 spiro atoms. The first-order chi connectivity index (χ1) is 8.59. The van der Waals surface area contributed by atoms with E-state index in [-0.39, 0.29) is 6.10 Å². The van der Waals surface area contributed by atoms with Crippen LogP contribution in [-0.4, -0.2) is 62.0 Å². The maximum atomic E-state index is 9.97. The van der Waals surface area contributed by atoms with Crippen LogP contribution in [0.3, 0.4) is 0 Å². The van der Waals surface area contributed by atoms with E-state index < -0.39 is 0 Å². The molecule has 0 aromatic heterocycles. The summed E-state index contributed by atoms with van der Waals surface area (Å²) in [5, 5.41) is 13.4. The number of nitrogens with zero attached hydrogens (tertiary/aromatic N) is 1. The van der Waals surface area contributed by atoms with Gasteiger partial charge in [-0.1, -0.05) is 20.8 Å². The number of ether oxygens (including phenoxy) is 1. The van der Waals surface area contributed by atoms with Crippen molar-refractivity contribution in [3.8, 4) is 0 Å². The molecular weight excluding hydrogens is 228 g/mol. The standard InChI is InChI=1S/C14H30N2O2/c1-4-16(5-2)11-13(17)10-15-12-14(3)6-8-18-9-7-14/h13,15,17H,4-12H2,1-3H3. The summed E-state index contributed by atoms with van der Waals surface area (Å²) < 4.78 is 5.39. The fourth-order valence-electron chi connectivity index (χ4n) is 2.43. The molecule has 18 heavy (non-hydrogen) atoms. The molecule has 0 amide bonds. The normalized spacial score (nSPS) is 21.2. The Kier molecular flexibility index (Phi) is 7.15. The van der Waals surface area contributed by atoms with Gasteiger partial charge in [0.15, 0.2) is 0 Å². The number of nitrogens with one attached hydrogen (secondary N) is 1. The van der Waals surface area contributed by atoms with Crippen LogP contribution >= 0.6 is 0 Å². The van der Waals surface area contributed by atoms with E-state index in [1.165, 1.54) is 0 Å². The van der Waals surface area contributed by atoms with E-state index in [2.05, 4.69) is 31.0 Å². The third-order valence-corrected chi connectivity index (χ3v) is 4.00. The topological polar surface area (TPSA) is 44.7 Å². The lowest BCUT2D eigenvalue weighted by atomic mass is 9.82. The van der Waals surface area contributed by atoms with Crippen LogP contribution in [0, 0.1) is 5.41 Å². The van der Waals surface area contributed by atoms with Crippen LogP contribution in [0.2, 0.25) is 0 Å². The lowest BCUT2D eigenvalue weighted by Gasteiger charge is -2.34. The molecule has 1 saturated heterocycles. The summed E-state index contributed by atoms with van der Waals surface area (Å²) in [6.45, 7) is 12.8. The molecule has 0 saturated carbocycles. The average molecular weight is 258 g/mol. The van der Waals surface area contributed by atoms with Crippen molar-refractivity contribution in [1.29, 1.82) is 0 Å². The van der Waals surface area contributed by atoms with Gasteiger partial charge in [-0.05, 0) is 31.3 Å². The summed E-state index contributed by atoms with van der Waals surface area (Å²) in [5.41, 5.74) is 0.340. The summed E-state index contributed by atoms with van der Waals surface area (Å²) in [5.74, 6) is 0. The van der Waals surface area contributed by atoms with Gasteiger partial charge in [-0.25, -0.2) is 0 Å². The Morgan fingerprint density at radius 2 is 1.89 bits per heavy atom. The maximum absolute atomic E-state index is 9.97. The second-order valence-corrected chi connectivity index (χ2v) is 5.69. The molecule has 1 rings (SSSR count). The molecule has 1 aliphatic rings. The first kappa shape index (κ1) is 15.9. The molecule has 1 aliphatic heterocycles. The summed E-state index contributed by atoms with van der Waals surface area (Å²) in [7, 11) is 0. The highest BCUT2D eigenvalue weighted by Gasteiger charge is 2.26. The first-order valence-electron chi connectivity index (χ1n) is 7.28. The molecule has 0 aromatic rings. The van der Waals surface area contributed by atoms with Gasteiger partial charge in [-0.15, -0.1) is 0 Å². The number of likely N-dealkylation sites (N-methyl/N-ethyl adjacent to an activating group) is 1. The van der Waals surface area contributed by atoms with Gasteiger partial charge < -0.3 is 20.1 Å². The summed E-state index contributed by atoms with van der Waals surface area (Å²) >= 11 is 0. The lowest BCUT2D eigenvalue weighted by molar-refractivity contribution is 0.0220. The van der Waals surface area contributed by atoms with Gasteiger partial charge in [-0.2, -0.15) is 0 Å². The quantitative estimate of drug-likeness (QED) is 0.684. The van der Waals surface area contributed by atoms with E-state index in [0.717, 1.165) is 52.2 Å². The molecule has 0 aliphatic carbocycles. The summed E-state index contributed by atoms with van der Waals surface area (Å²) in [4.78, 5) is 2.25. The molecule has 0 aromatic carbocycles. The molecule has 4 heteroatoms. The molecule has 0 bridgehead atoms. The highest BCUT2D eigenvalue weighted by molar-refractivity contribution is 4.80. The average Bonchev–Trinajstić information content (AvgIpc) is 2.36. The Labute approximate surface area is 112 Å². The van der Waals surface area contributed by atoms with Gasteiger partial charge in [0, 0.05) is 32.8 Å². The number of hydrogen-bond acceptors (Lipinski definition) is 4. The molecule has 1 heterocycles. The Morgan fingerprint density at radius 1 is 1.28 bits per heavy atom. The molecule has 108 valence electrons. The molecule has 1 atom stereocenters. The van der Waals surface area contributed by atoms with E-state index in [0.29, 0.717) is 12.0 Å². The molecule has 2 N–H and O–H groups in total. The predicted molar refractivity (Wildman–Crippen MR) is 74.8 cm³/mol.